The molecule has 0 spiro atoms. The van der Waals surface area contributed by atoms with Gasteiger partial charge in [0.05, 0.1) is 17.6 Å². The molecule has 24 heavy (non-hydrogen) atoms. The van der Waals surface area contributed by atoms with Gasteiger partial charge in [0.1, 0.15) is 0 Å². The SMILES string of the molecule is N#Cc1ccc(CN2CCCCCCNC(=O)[C@@H]3CCC[C@@H]32)cc1. The number of hydrogen-bond donors (Lipinski definition) is 1. The minimum atomic E-state index is 0.140. The van der Waals surface area contributed by atoms with Gasteiger partial charge in [-0.05, 0) is 49.9 Å². The predicted octanol–water partition coefficient (Wildman–Crippen LogP) is 3.22. The Morgan fingerprint density at radius 2 is 1.88 bits per heavy atom. The number of nitriles is 1. The van der Waals surface area contributed by atoms with Crippen LogP contribution in [0.1, 0.15) is 56.1 Å². The summed E-state index contributed by atoms with van der Waals surface area (Å²) in [6, 6.07) is 10.4. The average molecular weight is 325 g/mol. The Morgan fingerprint density at radius 3 is 2.67 bits per heavy atom. The first kappa shape index (κ1) is 17.0. The molecule has 4 heteroatoms. The van der Waals surface area contributed by atoms with Gasteiger partial charge in [0, 0.05) is 19.1 Å². The first-order valence-electron chi connectivity index (χ1n) is 9.29. The summed E-state index contributed by atoms with van der Waals surface area (Å²) in [6.45, 7) is 2.77. The van der Waals surface area contributed by atoms with Crippen LogP contribution in [0, 0.1) is 17.2 Å². The molecule has 1 heterocycles. The maximum Gasteiger partial charge on any atom is 0.224 e. The summed E-state index contributed by atoms with van der Waals surface area (Å²) in [5.74, 6) is 0.394. The Bertz CT molecular complexity index is 590. The molecule has 0 radical (unpaired) electrons. The van der Waals surface area contributed by atoms with Crippen molar-refractivity contribution in [3.05, 3.63) is 35.4 Å². The molecular formula is C20H27N3O. The highest BCUT2D eigenvalue weighted by molar-refractivity contribution is 5.79. The molecule has 4 nitrogen and oxygen atoms in total. The minimum Gasteiger partial charge on any atom is -0.356 e. The monoisotopic (exact) mass is 325 g/mol. The van der Waals surface area contributed by atoms with Crippen LogP contribution >= 0.6 is 0 Å². The van der Waals surface area contributed by atoms with Gasteiger partial charge in [-0.25, -0.2) is 0 Å². The van der Waals surface area contributed by atoms with E-state index in [9.17, 15) is 4.79 Å². The number of amides is 1. The van der Waals surface area contributed by atoms with E-state index in [1.54, 1.807) is 0 Å². The quantitative estimate of drug-likeness (QED) is 0.908. The number of nitrogens with zero attached hydrogens (tertiary/aromatic N) is 2. The Kier molecular flexibility index (Phi) is 5.87. The second-order valence-electron chi connectivity index (χ2n) is 7.09. The third kappa shape index (κ3) is 4.15. The predicted molar refractivity (Wildman–Crippen MR) is 94.2 cm³/mol. The molecular weight excluding hydrogens is 298 g/mol. The van der Waals surface area contributed by atoms with Gasteiger partial charge in [-0.2, -0.15) is 5.26 Å². The Balaban J connectivity index is 1.75. The molecule has 128 valence electrons. The van der Waals surface area contributed by atoms with Gasteiger partial charge in [-0.1, -0.05) is 31.4 Å². The molecule has 0 unspecified atom stereocenters. The van der Waals surface area contributed by atoms with Crippen molar-refractivity contribution in [3.63, 3.8) is 0 Å². The normalized spacial score (nSPS) is 26.0. The van der Waals surface area contributed by atoms with Crippen molar-refractivity contribution in [1.82, 2.24) is 10.2 Å². The van der Waals surface area contributed by atoms with Gasteiger partial charge in [0.2, 0.25) is 5.91 Å². The van der Waals surface area contributed by atoms with Gasteiger partial charge in [0.15, 0.2) is 0 Å². The topological polar surface area (TPSA) is 56.1 Å². The highest BCUT2D eigenvalue weighted by atomic mass is 16.1. The van der Waals surface area contributed by atoms with Crippen molar-refractivity contribution in [3.8, 4) is 6.07 Å². The Morgan fingerprint density at radius 1 is 1.08 bits per heavy atom. The van der Waals surface area contributed by atoms with Crippen LogP contribution < -0.4 is 5.32 Å². The third-order valence-corrected chi connectivity index (χ3v) is 5.43. The van der Waals surface area contributed by atoms with Crippen LogP contribution in [0.5, 0.6) is 0 Å². The molecule has 2 atom stereocenters. The standard InChI is InChI=1S/C20H27N3O/c21-14-16-8-10-17(11-9-16)15-23-13-4-2-1-3-12-22-20(24)18-6-5-7-19(18)23/h8-11,18-19H,1-7,12-13,15H2,(H,22,24)/t18-,19+/m1/s1. The van der Waals surface area contributed by atoms with Crippen molar-refractivity contribution in [1.29, 1.82) is 5.26 Å². The van der Waals surface area contributed by atoms with E-state index in [-0.39, 0.29) is 11.8 Å². The zero-order valence-corrected chi connectivity index (χ0v) is 14.3. The summed E-state index contributed by atoms with van der Waals surface area (Å²) >= 11 is 0. The maximum absolute atomic E-state index is 12.5. The molecule has 1 N–H and O–H groups in total. The molecule has 3 rings (SSSR count). The van der Waals surface area contributed by atoms with Crippen LogP contribution in [0.3, 0.4) is 0 Å². The smallest absolute Gasteiger partial charge is 0.224 e. The van der Waals surface area contributed by atoms with Crippen LogP contribution in [-0.2, 0) is 11.3 Å². The largest absolute Gasteiger partial charge is 0.356 e. The number of hydrogen-bond acceptors (Lipinski definition) is 3. The molecule has 2 aliphatic rings. The zero-order valence-electron chi connectivity index (χ0n) is 14.3. The Hall–Kier alpha value is -1.86. The van der Waals surface area contributed by atoms with E-state index in [4.69, 9.17) is 5.26 Å². The van der Waals surface area contributed by atoms with Crippen LogP contribution in [0.2, 0.25) is 0 Å². The fraction of sp³-hybridized carbons (Fsp3) is 0.600. The van der Waals surface area contributed by atoms with Gasteiger partial charge >= 0.3 is 0 Å². The molecule has 1 saturated heterocycles. The van der Waals surface area contributed by atoms with Gasteiger partial charge < -0.3 is 5.32 Å². The fourth-order valence-electron chi connectivity index (χ4n) is 4.10. The van der Waals surface area contributed by atoms with E-state index >= 15 is 0 Å². The molecule has 1 aliphatic carbocycles. The second kappa shape index (κ2) is 8.30. The number of benzene rings is 1. The van der Waals surface area contributed by atoms with Crippen molar-refractivity contribution in [2.45, 2.75) is 57.5 Å². The molecule has 1 aromatic carbocycles. The highest BCUT2D eigenvalue weighted by Crippen LogP contribution is 2.32. The first-order chi connectivity index (χ1) is 11.8. The number of nitrogens with one attached hydrogen (secondary N) is 1. The van der Waals surface area contributed by atoms with Crippen molar-refractivity contribution >= 4 is 5.91 Å². The van der Waals surface area contributed by atoms with Crippen molar-refractivity contribution in [2.75, 3.05) is 13.1 Å². The summed E-state index contributed by atoms with van der Waals surface area (Å²) in [7, 11) is 0. The van der Waals surface area contributed by atoms with Gasteiger partial charge in [0.25, 0.3) is 0 Å². The molecule has 1 amide bonds. The van der Waals surface area contributed by atoms with E-state index in [0.717, 1.165) is 45.3 Å². The summed E-state index contributed by atoms with van der Waals surface area (Å²) in [5.41, 5.74) is 1.93. The van der Waals surface area contributed by atoms with Crippen LogP contribution in [0.25, 0.3) is 0 Å². The molecule has 2 fully saturated rings. The molecule has 0 bridgehead atoms. The number of carbonyl (C=O) groups excluding carboxylic acids is 1. The molecule has 1 aromatic rings. The zero-order chi connectivity index (χ0) is 16.8. The van der Waals surface area contributed by atoms with E-state index in [1.165, 1.54) is 24.8 Å². The summed E-state index contributed by atoms with van der Waals surface area (Å²) in [5, 5.41) is 12.1. The van der Waals surface area contributed by atoms with E-state index < -0.39 is 0 Å². The lowest BCUT2D eigenvalue weighted by Gasteiger charge is -2.32. The lowest BCUT2D eigenvalue weighted by Crippen LogP contribution is -2.44. The van der Waals surface area contributed by atoms with E-state index in [2.05, 4.69) is 16.3 Å². The van der Waals surface area contributed by atoms with Gasteiger partial charge in [-0.15, -0.1) is 0 Å². The van der Waals surface area contributed by atoms with E-state index in [0.29, 0.717) is 11.6 Å². The van der Waals surface area contributed by atoms with E-state index in [1.807, 2.05) is 24.3 Å². The average Bonchev–Trinajstić information content (AvgIpc) is 3.08. The maximum atomic E-state index is 12.5. The number of carbonyl (C=O) groups is 1. The Labute approximate surface area is 144 Å². The second-order valence-corrected chi connectivity index (χ2v) is 7.09. The van der Waals surface area contributed by atoms with Crippen molar-refractivity contribution < 1.29 is 4.79 Å². The van der Waals surface area contributed by atoms with Gasteiger partial charge in [-0.3, -0.25) is 9.69 Å². The molecule has 1 saturated carbocycles. The lowest BCUT2D eigenvalue weighted by atomic mass is 9.99. The summed E-state index contributed by atoms with van der Waals surface area (Å²) in [6.07, 6.45) is 8.01. The molecule has 1 aliphatic heterocycles. The summed E-state index contributed by atoms with van der Waals surface area (Å²) < 4.78 is 0. The minimum absolute atomic E-state index is 0.140. The first-order valence-corrected chi connectivity index (χ1v) is 9.29. The van der Waals surface area contributed by atoms with Crippen LogP contribution in [0.15, 0.2) is 24.3 Å². The summed E-state index contributed by atoms with van der Waals surface area (Å²) in [4.78, 5) is 15.1. The fourth-order valence-corrected chi connectivity index (χ4v) is 4.10. The number of rotatable bonds is 2. The van der Waals surface area contributed by atoms with Crippen molar-refractivity contribution in [2.24, 2.45) is 5.92 Å². The highest BCUT2D eigenvalue weighted by Gasteiger charge is 2.36. The van der Waals surface area contributed by atoms with Crippen LogP contribution in [-0.4, -0.2) is 29.9 Å². The number of fused-ring (bicyclic) bond motifs is 1. The third-order valence-electron chi connectivity index (χ3n) is 5.43. The lowest BCUT2D eigenvalue weighted by molar-refractivity contribution is -0.126. The molecule has 0 aromatic heterocycles. The van der Waals surface area contributed by atoms with Crippen LogP contribution in [0.4, 0.5) is 0 Å².